The molecule has 1 aromatic carbocycles. The Morgan fingerprint density at radius 1 is 1.32 bits per heavy atom. The number of hydrogen-bond acceptors (Lipinski definition) is 2. The number of nitrogens with zero attached hydrogens (tertiary/aromatic N) is 1. The Kier molecular flexibility index (Phi) is 3.38. The van der Waals surface area contributed by atoms with Crippen molar-refractivity contribution in [2.75, 3.05) is 6.61 Å². The van der Waals surface area contributed by atoms with Gasteiger partial charge in [0.2, 0.25) is 0 Å². The van der Waals surface area contributed by atoms with Gasteiger partial charge in [-0.3, -0.25) is 0 Å². The lowest BCUT2D eigenvalue weighted by atomic mass is 10.0. The minimum atomic E-state index is 0.114. The molecule has 1 aliphatic carbocycles. The first kappa shape index (κ1) is 12.4. The number of hydrogen-bond donors (Lipinski definition) is 2. The summed E-state index contributed by atoms with van der Waals surface area (Å²) >= 11 is 0. The summed E-state index contributed by atoms with van der Waals surface area (Å²) in [5, 5.41) is 9.33. The number of aromatic amines is 1. The summed E-state index contributed by atoms with van der Waals surface area (Å²) < 4.78 is 0. The molecule has 1 atom stereocenters. The van der Waals surface area contributed by atoms with Crippen LogP contribution in [-0.2, 0) is 12.8 Å². The van der Waals surface area contributed by atoms with Crippen molar-refractivity contribution >= 4 is 0 Å². The summed E-state index contributed by atoms with van der Waals surface area (Å²) in [4.78, 5) is 7.76. The van der Waals surface area contributed by atoms with E-state index in [0.717, 1.165) is 17.9 Å². The van der Waals surface area contributed by atoms with Gasteiger partial charge in [-0.2, -0.15) is 0 Å². The van der Waals surface area contributed by atoms with E-state index in [1.165, 1.54) is 36.0 Å². The van der Waals surface area contributed by atoms with Crippen LogP contribution in [-0.4, -0.2) is 21.7 Å². The fraction of sp³-hybridized carbons (Fsp3) is 0.438. The molecule has 2 aromatic rings. The third-order valence-corrected chi connectivity index (χ3v) is 4.10. The number of aryl methyl sites for hydroxylation is 2. The lowest BCUT2D eigenvalue weighted by Gasteiger charge is -2.07. The molecular weight excluding hydrogens is 236 g/mol. The molecule has 0 amide bonds. The van der Waals surface area contributed by atoms with Gasteiger partial charge in [-0.05, 0) is 48.4 Å². The van der Waals surface area contributed by atoms with Gasteiger partial charge in [-0.1, -0.05) is 19.1 Å². The van der Waals surface area contributed by atoms with E-state index in [1.807, 2.05) is 6.20 Å². The molecule has 0 bridgehead atoms. The SMILES string of the molecule is CCC(CO)c1ncc(-c2ccc3c(c2)CCC3)[nH]1. The van der Waals surface area contributed by atoms with E-state index in [4.69, 9.17) is 0 Å². The number of benzene rings is 1. The van der Waals surface area contributed by atoms with Crippen LogP contribution in [0.5, 0.6) is 0 Å². The van der Waals surface area contributed by atoms with Crippen LogP contribution in [0.3, 0.4) is 0 Å². The van der Waals surface area contributed by atoms with Crippen molar-refractivity contribution in [3.05, 3.63) is 41.3 Å². The molecule has 100 valence electrons. The minimum absolute atomic E-state index is 0.114. The minimum Gasteiger partial charge on any atom is -0.396 e. The molecular formula is C16H20N2O. The van der Waals surface area contributed by atoms with Gasteiger partial charge in [0.1, 0.15) is 5.82 Å². The second-order valence-corrected chi connectivity index (χ2v) is 5.31. The number of rotatable bonds is 4. The molecule has 0 spiro atoms. The average molecular weight is 256 g/mol. The van der Waals surface area contributed by atoms with E-state index in [-0.39, 0.29) is 12.5 Å². The van der Waals surface area contributed by atoms with Crippen molar-refractivity contribution in [2.24, 2.45) is 0 Å². The van der Waals surface area contributed by atoms with Gasteiger partial charge in [-0.15, -0.1) is 0 Å². The van der Waals surface area contributed by atoms with E-state index >= 15 is 0 Å². The van der Waals surface area contributed by atoms with Gasteiger partial charge in [0.25, 0.3) is 0 Å². The van der Waals surface area contributed by atoms with Gasteiger partial charge in [0.05, 0.1) is 18.5 Å². The Hall–Kier alpha value is -1.61. The van der Waals surface area contributed by atoms with E-state index in [1.54, 1.807) is 0 Å². The molecule has 0 aliphatic heterocycles. The first-order valence-corrected chi connectivity index (χ1v) is 7.09. The van der Waals surface area contributed by atoms with E-state index in [0.29, 0.717) is 0 Å². The predicted molar refractivity (Wildman–Crippen MR) is 76.2 cm³/mol. The second-order valence-electron chi connectivity index (χ2n) is 5.31. The lowest BCUT2D eigenvalue weighted by Crippen LogP contribution is -2.04. The molecule has 19 heavy (non-hydrogen) atoms. The van der Waals surface area contributed by atoms with Gasteiger partial charge in [0.15, 0.2) is 0 Å². The van der Waals surface area contributed by atoms with Crippen LogP contribution in [0, 0.1) is 0 Å². The number of imidazole rings is 1. The number of aliphatic hydroxyl groups is 1. The van der Waals surface area contributed by atoms with Crippen LogP contribution < -0.4 is 0 Å². The van der Waals surface area contributed by atoms with Crippen molar-refractivity contribution in [1.29, 1.82) is 0 Å². The summed E-state index contributed by atoms with van der Waals surface area (Å²) in [7, 11) is 0. The molecule has 1 aromatic heterocycles. The van der Waals surface area contributed by atoms with Crippen molar-refractivity contribution in [3.63, 3.8) is 0 Å². The smallest absolute Gasteiger partial charge is 0.111 e. The molecule has 3 nitrogen and oxygen atoms in total. The number of fused-ring (bicyclic) bond motifs is 1. The molecule has 0 fully saturated rings. The second kappa shape index (κ2) is 5.17. The molecule has 0 saturated heterocycles. The van der Waals surface area contributed by atoms with Gasteiger partial charge < -0.3 is 10.1 Å². The summed E-state index contributed by atoms with van der Waals surface area (Å²) in [6.45, 7) is 2.21. The number of aliphatic hydroxyl groups excluding tert-OH is 1. The zero-order valence-corrected chi connectivity index (χ0v) is 11.3. The lowest BCUT2D eigenvalue weighted by molar-refractivity contribution is 0.258. The Morgan fingerprint density at radius 2 is 2.16 bits per heavy atom. The highest BCUT2D eigenvalue weighted by Crippen LogP contribution is 2.28. The topological polar surface area (TPSA) is 48.9 Å². The summed E-state index contributed by atoms with van der Waals surface area (Å²) in [6.07, 6.45) is 6.46. The maximum Gasteiger partial charge on any atom is 0.111 e. The molecule has 1 aliphatic rings. The molecule has 0 saturated carbocycles. The van der Waals surface area contributed by atoms with Crippen molar-refractivity contribution in [1.82, 2.24) is 9.97 Å². The Morgan fingerprint density at radius 3 is 2.95 bits per heavy atom. The van der Waals surface area contributed by atoms with Crippen LogP contribution in [0.4, 0.5) is 0 Å². The van der Waals surface area contributed by atoms with Crippen LogP contribution in [0.15, 0.2) is 24.4 Å². The van der Waals surface area contributed by atoms with Gasteiger partial charge >= 0.3 is 0 Å². The number of nitrogens with one attached hydrogen (secondary N) is 1. The predicted octanol–water partition coefficient (Wildman–Crippen LogP) is 3.05. The monoisotopic (exact) mass is 256 g/mol. The van der Waals surface area contributed by atoms with Gasteiger partial charge in [0, 0.05) is 5.92 Å². The van der Waals surface area contributed by atoms with Crippen molar-refractivity contribution in [3.8, 4) is 11.3 Å². The summed E-state index contributed by atoms with van der Waals surface area (Å²) in [5.41, 5.74) is 5.22. The van der Waals surface area contributed by atoms with Crippen LogP contribution in [0.25, 0.3) is 11.3 Å². The van der Waals surface area contributed by atoms with Crippen LogP contribution >= 0.6 is 0 Å². The number of H-pyrrole nitrogens is 1. The van der Waals surface area contributed by atoms with Crippen molar-refractivity contribution < 1.29 is 5.11 Å². The zero-order valence-electron chi connectivity index (χ0n) is 11.3. The Balaban J connectivity index is 1.90. The fourth-order valence-corrected chi connectivity index (χ4v) is 2.84. The highest BCUT2D eigenvalue weighted by molar-refractivity contribution is 5.61. The fourth-order valence-electron chi connectivity index (χ4n) is 2.84. The third-order valence-electron chi connectivity index (χ3n) is 4.10. The first-order valence-electron chi connectivity index (χ1n) is 7.09. The summed E-state index contributed by atoms with van der Waals surface area (Å²) in [5.74, 6) is 1.00. The van der Waals surface area contributed by atoms with E-state index < -0.39 is 0 Å². The van der Waals surface area contributed by atoms with E-state index in [9.17, 15) is 5.11 Å². The molecule has 2 N–H and O–H groups in total. The molecule has 3 heteroatoms. The zero-order chi connectivity index (χ0) is 13.2. The molecule has 1 unspecified atom stereocenters. The highest BCUT2D eigenvalue weighted by atomic mass is 16.3. The molecule has 3 rings (SSSR count). The third kappa shape index (κ3) is 2.30. The Labute approximate surface area is 113 Å². The number of aromatic nitrogens is 2. The standard InChI is InChI=1S/C16H20N2O/c1-2-11(10-19)16-17-9-15(18-16)14-7-6-12-4-3-5-13(12)8-14/h6-9,11,19H,2-5,10H2,1H3,(H,17,18). The van der Waals surface area contributed by atoms with Crippen LogP contribution in [0.1, 0.15) is 42.6 Å². The average Bonchev–Trinajstić information content (AvgIpc) is 3.08. The maximum absolute atomic E-state index is 9.33. The normalized spacial score (nSPS) is 15.5. The maximum atomic E-state index is 9.33. The first-order chi connectivity index (χ1) is 9.31. The van der Waals surface area contributed by atoms with Crippen molar-refractivity contribution in [2.45, 2.75) is 38.5 Å². The van der Waals surface area contributed by atoms with Crippen LogP contribution in [0.2, 0.25) is 0 Å². The quantitative estimate of drug-likeness (QED) is 0.883. The molecule has 1 heterocycles. The molecule has 0 radical (unpaired) electrons. The van der Waals surface area contributed by atoms with Gasteiger partial charge in [-0.25, -0.2) is 4.98 Å². The Bertz CT molecular complexity index is 570. The highest BCUT2D eigenvalue weighted by Gasteiger charge is 2.15. The largest absolute Gasteiger partial charge is 0.396 e. The van der Waals surface area contributed by atoms with E-state index in [2.05, 4.69) is 35.1 Å². The summed E-state index contributed by atoms with van der Waals surface area (Å²) in [6, 6.07) is 6.68.